The minimum Gasteiger partial charge on any atom is -0.198 e. The molecular formula is C11H19N. The molecule has 0 rings (SSSR count). The first-order valence-electron chi connectivity index (χ1n) is 4.61. The lowest BCUT2D eigenvalue weighted by Gasteiger charge is -2.07. The lowest BCUT2D eigenvalue weighted by atomic mass is 9.99. The van der Waals surface area contributed by atoms with Crippen molar-refractivity contribution < 1.29 is 0 Å². The van der Waals surface area contributed by atoms with Crippen LogP contribution in [-0.4, -0.2) is 0 Å². The Bertz CT molecular complexity index is 184. The molecule has 1 heteroatoms. The van der Waals surface area contributed by atoms with Crippen molar-refractivity contribution in [1.82, 2.24) is 0 Å². The number of hydrogen-bond donors (Lipinski definition) is 0. The molecule has 68 valence electrons. The summed E-state index contributed by atoms with van der Waals surface area (Å²) in [7, 11) is 0. The summed E-state index contributed by atoms with van der Waals surface area (Å²) in [6.07, 6.45) is 3.96. The van der Waals surface area contributed by atoms with Crippen LogP contribution >= 0.6 is 0 Å². The Hall–Kier alpha value is -0.770. The van der Waals surface area contributed by atoms with Crippen molar-refractivity contribution in [3.8, 4) is 6.07 Å². The summed E-state index contributed by atoms with van der Waals surface area (Å²) in [6.45, 7) is 8.67. The molecule has 0 radical (unpaired) electrons. The smallest absolute Gasteiger partial charge is 0.0624 e. The number of rotatable bonds is 4. The van der Waals surface area contributed by atoms with Gasteiger partial charge in [0, 0.05) is 6.42 Å². The molecule has 0 aromatic rings. The minimum absolute atomic E-state index is 0.503. The second-order valence-electron chi connectivity index (χ2n) is 3.81. The van der Waals surface area contributed by atoms with Gasteiger partial charge >= 0.3 is 0 Å². The quantitative estimate of drug-likeness (QED) is 0.585. The van der Waals surface area contributed by atoms with Gasteiger partial charge in [-0.25, -0.2) is 0 Å². The molecule has 0 heterocycles. The fourth-order valence-electron chi connectivity index (χ4n) is 0.862. The summed E-state index contributed by atoms with van der Waals surface area (Å²) in [5.74, 6) is 1.14. The van der Waals surface area contributed by atoms with E-state index in [4.69, 9.17) is 5.26 Å². The minimum atomic E-state index is 0.503. The second-order valence-corrected chi connectivity index (χ2v) is 3.81. The molecule has 1 unspecified atom stereocenters. The number of hydrogen-bond acceptors (Lipinski definition) is 1. The summed E-state index contributed by atoms with van der Waals surface area (Å²) in [5.41, 5.74) is 1.43. The summed E-state index contributed by atoms with van der Waals surface area (Å²) >= 11 is 0. The summed E-state index contributed by atoms with van der Waals surface area (Å²) in [6, 6.07) is 2.19. The van der Waals surface area contributed by atoms with Crippen LogP contribution in [0.2, 0.25) is 0 Å². The van der Waals surface area contributed by atoms with Crippen LogP contribution in [0.1, 0.15) is 40.5 Å². The monoisotopic (exact) mass is 165 g/mol. The maximum atomic E-state index is 8.44. The van der Waals surface area contributed by atoms with E-state index < -0.39 is 0 Å². The van der Waals surface area contributed by atoms with Crippen LogP contribution in [0.25, 0.3) is 0 Å². The van der Waals surface area contributed by atoms with E-state index in [-0.39, 0.29) is 0 Å². The highest BCUT2D eigenvalue weighted by molar-refractivity contribution is 5.01. The Morgan fingerprint density at radius 2 is 2.00 bits per heavy atom. The van der Waals surface area contributed by atoms with Gasteiger partial charge in [0.15, 0.2) is 0 Å². The Morgan fingerprint density at radius 1 is 1.42 bits per heavy atom. The van der Waals surface area contributed by atoms with Gasteiger partial charge in [-0.1, -0.05) is 32.4 Å². The normalized spacial score (nSPS) is 14.5. The first-order chi connectivity index (χ1) is 5.57. The molecule has 0 N–H and O–H groups in total. The third-order valence-electron chi connectivity index (χ3n) is 2.19. The molecule has 0 aromatic heterocycles. The molecule has 0 saturated heterocycles. The van der Waals surface area contributed by atoms with E-state index in [0.717, 1.165) is 6.42 Å². The zero-order valence-corrected chi connectivity index (χ0v) is 8.59. The van der Waals surface area contributed by atoms with Crippen LogP contribution in [0, 0.1) is 23.2 Å². The van der Waals surface area contributed by atoms with Crippen molar-refractivity contribution in [2.75, 3.05) is 0 Å². The lowest BCUT2D eigenvalue weighted by molar-refractivity contribution is 0.602. The van der Waals surface area contributed by atoms with Crippen molar-refractivity contribution in [2.24, 2.45) is 11.8 Å². The van der Waals surface area contributed by atoms with Gasteiger partial charge in [-0.15, -0.1) is 0 Å². The molecule has 12 heavy (non-hydrogen) atoms. The van der Waals surface area contributed by atoms with E-state index in [0.29, 0.717) is 18.3 Å². The van der Waals surface area contributed by atoms with E-state index in [2.05, 4.69) is 39.8 Å². The van der Waals surface area contributed by atoms with Crippen molar-refractivity contribution in [2.45, 2.75) is 40.5 Å². The van der Waals surface area contributed by atoms with Crippen LogP contribution in [0.3, 0.4) is 0 Å². The molecule has 0 aliphatic heterocycles. The van der Waals surface area contributed by atoms with E-state index >= 15 is 0 Å². The fraction of sp³-hybridized carbons (Fsp3) is 0.727. The van der Waals surface area contributed by atoms with Crippen molar-refractivity contribution in [1.29, 1.82) is 5.26 Å². The number of allylic oxidation sites excluding steroid dienone is 2. The molecule has 0 amide bonds. The van der Waals surface area contributed by atoms with Gasteiger partial charge in [0.05, 0.1) is 6.07 Å². The summed E-state index contributed by atoms with van der Waals surface area (Å²) < 4.78 is 0. The molecule has 0 aliphatic rings. The fourth-order valence-corrected chi connectivity index (χ4v) is 0.862. The van der Waals surface area contributed by atoms with Crippen LogP contribution in [-0.2, 0) is 0 Å². The van der Waals surface area contributed by atoms with Gasteiger partial charge in [0.2, 0.25) is 0 Å². The van der Waals surface area contributed by atoms with Crippen molar-refractivity contribution in [3.63, 3.8) is 0 Å². The first kappa shape index (κ1) is 11.2. The SMILES string of the molecule is C/C(=C/CC(C)CC#N)C(C)C. The van der Waals surface area contributed by atoms with Crippen LogP contribution in [0.5, 0.6) is 0 Å². The van der Waals surface area contributed by atoms with Gasteiger partial charge in [0.25, 0.3) is 0 Å². The summed E-state index contributed by atoms with van der Waals surface area (Å²) in [5, 5.41) is 8.44. The van der Waals surface area contributed by atoms with E-state index in [1.807, 2.05) is 0 Å². The Morgan fingerprint density at radius 3 is 2.42 bits per heavy atom. The average Bonchev–Trinajstić information content (AvgIpc) is 2.00. The van der Waals surface area contributed by atoms with E-state index in [1.165, 1.54) is 5.57 Å². The van der Waals surface area contributed by atoms with E-state index in [1.54, 1.807) is 0 Å². The largest absolute Gasteiger partial charge is 0.198 e. The third-order valence-corrected chi connectivity index (χ3v) is 2.19. The molecule has 0 spiro atoms. The van der Waals surface area contributed by atoms with Crippen molar-refractivity contribution >= 4 is 0 Å². The summed E-state index contributed by atoms with van der Waals surface area (Å²) in [4.78, 5) is 0. The zero-order valence-electron chi connectivity index (χ0n) is 8.59. The average molecular weight is 165 g/mol. The molecule has 1 nitrogen and oxygen atoms in total. The third kappa shape index (κ3) is 4.96. The maximum absolute atomic E-state index is 8.44. The predicted octanol–water partition coefficient (Wildman–Crippen LogP) is 3.53. The van der Waals surface area contributed by atoms with Gasteiger partial charge in [-0.2, -0.15) is 5.26 Å². The van der Waals surface area contributed by atoms with Crippen LogP contribution < -0.4 is 0 Å². The standard InChI is InChI=1S/C11H19N/c1-9(2)11(4)6-5-10(3)7-8-12/h6,9-10H,5,7H2,1-4H3/b11-6-. The highest BCUT2D eigenvalue weighted by Crippen LogP contribution is 2.13. The molecule has 0 aromatic carbocycles. The maximum Gasteiger partial charge on any atom is 0.0624 e. The number of nitriles is 1. The molecular weight excluding hydrogens is 146 g/mol. The van der Waals surface area contributed by atoms with Gasteiger partial charge in [-0.3, -0.25) is 0 Å². The Balaban J connectivity index is 3.80. The van der Waals surface area contributed by atoms with Gasteiger partial charge in [0.1, 0.15) is 0 Å². The van der Waals surface area contributed by atoms with E-state index in [9.17, 15) is 0 Å². The molecule has 0 bridgehead atoms. The highest BCUT2D eigenvalue weighted by Gasteiger charge is 2.00. The zero-order chi connectivity index (χ0) is 9.56. The van der Waals surface area contributed by atoms with Crippen LogP contribution in [0.15, 0.2) is 11.6 Å². The Labute approximate surface area is 76.1 Å². The second kappa shape index (κ2) is 5.83. The number of nitrogens with zero attached hydrogens (tertiary/aromatic N) is 1. The van der Waals surface area contributed by atoms with Crippen molar-refractivity contribution in [3.05, 3.63) is 11.6 Å². The molecule has 0 fully saturated rings. The lowest BCUT2D eigenvalue weighted by Crippen LogP contribution is -1.93. The van der Waals surface area contributed by atoms with Gasteiger partial charge < -0.3 is 0 Å². The first-order valence-corrected chi connectivity index (χ1v) is 4.61. The topological polar surface area (TPSA) is 23.8 Å². The molecule has 1 atom stereocenters. The molecule has 0 saturated carbocycles. The van der Waals surface area contributed by atoms with Gasteiger partial charge in [-0.05, 0) is 25.2 Å². The highest BCUT2D eigenvalue weighted by atomic mass is 14.2. The predicted molar refractivity (Wildman–Crippen MR) is 52.6 cm³/mol. The van der Waals surface area contributed by atoms with Crippen LogP contribution in [0.4, 0.5) is 0 Å². The molecule has 0 aliphatic carbocycles. The Kier molecular flexibility index (Phi) is 5.45.